The normalized spacial score (nSPS) is 24.1. The number of carbonyl (C=O) groups excluding carboxylic acids is 1. The Balaban J connectivity index is 1.28. The van der Waals surface area contributed by atoms with Crippen LogP contribution in [0.3, 0.4) is 0 Å². The fourth-order valence-corrected chi connectivity index (χ4v) is 5.16. The molecule has 1 aromatic carbocycles. The number of hydrogen-bond donors (Lipinski definition) is 1. The molecule has 2 aliphatic carbocycles. The van der Waals surface area contributed by atoms with Crippen molar-refractivity contribution in [3.63, 3.8) is 0 Å². The van der Waals surface area contributed by atoms with Gasteiger partial charge in [0.15, 0.2) is 5.13 Å². The first-order chi connectivity index (χ1) is 12.8. The number of fused-ring (bicyclic) bond motifs is 2. The van der Waals surface area contributed by atoms with E-state index < -0.39 is 0 Å². The summed E-state index contributed by atoms with van der Waals surface area (Å²) in [4.78, 5) is 17.2. The number of amides is 1. The molecule has 132 valence electrons. The van der Waals surface area contributed by atoms with Gasteiger partial charge < -0.3 is 5.32 Å². The van der Waals surface area contributed by atoms with Gasteiger partial charge in [-0.05, 0) is 49.3 Å². The molecule has 2 bridgehead atoms. The summed E-state index contributed by atoms with van der Waals surface area (Å²) in [6, 6.07) is 10.0. The molecule has 2 aliphatic rings. The van der Waals surface area contributed by atoms with Crippen molar-refractivity contribution in [2.24, 2.45) is 17.8 Å². The minimum absolute atomic E-state index is 0.159. The van der Waals surface area contributed by atoms with E-state index in [4.69, 9.17) is 0 Å². The monoisotopic (exact) mass is 364 g/mol. The summed E-state index contributed by atoms with van der Waals surface area (Å²) >= 11 is 1.49. The lowest BCUT2D eigenvalue weighted by Gasteiger charge is -2.19. The van der Waals surface area contributed by atoms with Crippen molar-refractivity contribution < 1.29 is 4.79 Å². The maximum absolute atomic E-state index is 12.6. The van der Waals surface area contributed by atoms with Gasteiger partial charge in [0, 0.05) is 29.3 Å². The first-order valence-electron chi connectivity index (χ1n) is 9.13. The second-order valence-electron chi connectivity index (χ2n) is 7.31. The summed E-state index contributed by atoms with van der Waals surface area (Å²) in [7, 11) is 0. The van der Waals surface area contributed by atoms with Gasteiger partial charge in [0.25, 0.3) is 0 Å². The van der Waals surface area contributed by atoms with Gasteiger partial charge in [-0.3, -0.25) is 4.79 Å². The van der Waals surface area contributed by atoms with Crippen LogP contribution in [-0.4, -0.2) is 20.7 Å². The maximum Gasteiger partial charge on any atom is 0.229 e. The zero-order chi connectivity index (χ0) is 17.5. The van der Waals surface area contributed by atoms with Crippen molar-refractivity contribution >= 4 is 22.4 Å². The van der Waals surface area contributed by atoms with E-state index >= 15 is 0 Å². The van der Waals surface area contributed by atoms with Gasteiger partial charge in [-0.15, -0.1) is 11.3 Å². The number of nitrogens with one attached hydrogen (secondary N) is 1. The molecule has 0 spiro atoms. The molecule has 5 nitrogen and oxygen atoms in total. The zero-order valence-electron chi connectivity index (χ0n) is 14.3. The van der Waals surface area contributed by atoms with E-state index in [9.17, 15) is 4.79 Å². The van der Waals surface area contributed by atoms with Crippen molar-refractivity contribution in [1.29, 1.82) is 0 Å². The highest BCUT2D eigenvalue weighted by Crippen LogP contribution is 2.48. The minimum atomic E-state index is 0.159. The van der Waals surface area contributed by atoms with E-state index in [0.29, 0.717) is 11.0 Å². The van der Waals surface area contributed by atoms with Crippen LogP contribution in [0.15, 0.2) is 48.1 Å². The van der Waals surface area contributed by atoms with Crippen LogP contribution in [0.4, 0.5) is 5.13 Å². The smallest absolute Gasteiger partial charge is 0.229 e. The Bertz CT molecular complexity index is 916. The van der Waals surface area contributed by atoms with Crippen molar-refractivity contribution in [3.8, 4) is 16.9 Å². The van der Waals surface area contributed by atoms with Gasteiger partial charge >= 0.3 is 0 Å². The molecule has 5 rings (SSSR count). The number of benzene rings is 1. The van der Waals surface area contributed by atoms with E-state index in [1.807, 2.05) is 46.6 Å². The van der Waals surface area contributed by atoms with Crippen molar-refractivity contribution in [1.82, 2.24) is 14.8 Å². The van der Waals surface area contributed by atoms with Crippen LogP contribution in [0.5, 0.6) is 0 Å². The van der Waals surface area contributed by atoms with Crippen LogP contribution in [0.2, 0.25) is 0 Å². The number of hydrogen-bond acceptors (Lipinski definition) is 4. The maximum atomic E-state index is 12.6. The van der Waals surface area contributed by atoms with Crippen molar-refractivity contribution in [2.75, 3.05) is 5.32 Å². The van der Waals surface area contributed by atoms with Gasteiger partial charge in [0.05, 0.1) is 11.4 Å². The molecule has 6 heteroatoms. The van der Waals surface area contributed by atoms with E-state index in [1.54, 1.807) is 6.20 Å². The van der Waals surface area contributed by atoms with Crippen LogP contribution in [-0.2, 0) is 4.79 Å². The Kier molecular flexibility index (Phi) is 3.85. The third-order valence-corrected chi connectivity index (χ3v) is 6.50. The fraction of sp³-hybridized carbons (Fsp3) is 0.350. The SMILES string of the molecule is O=C(Nc1nc(-c2ccc(-n3cccn3)cc2)cs1)C1CC2CCC1C2. The molecule has 3 aromatic rings. The average molecular weight is 364 g/mol. The van der Waals surface area contributed by atoms with Crippen LogP contribution in [0.1, 0.15) is 25.7 Å². The molecule has 0 saturated heterocycles. The Morgan fingerprint density at radius 2 is 2.08 bits per heavy atom. The highest BCUT2D eigenvalue weighted by atomic mass is 32.1. The highest BCUT2D eigenvalue weighted by Gasteiger charge is 2.43. The third kappa shape index (κ3) is 2.84. The quantitative estimate of drug-likeness (QED) is 0.748. The Hall–Kier alpha value is -2.47. The number of aromatic nitrogens is 3. The molecule has 1 N–H and O–H groups in total. The molecule has 3 atom stereocenters. The lowest BCUT2D eigenvalue weighted by molar-refractivity contribution is -0.121. The summed E-state index contributed by atoms with van der Waals surface area (Å²) in [5.74, 6) is 1.71. The van der Waals surface area contributed by atoms with E-state index in [2.05, 4.69) is 15.4 Å². The number of nitrogens with zero attached hydrogens (tertiary/aromatic N) is 3. The standard InChI is InChI=1S/C20H20N4OS/c25-19(17-11-13-2-3-15(17)10-13)23-20-22-18(12-26-20)14-4-6-16(7-5-14)24-9-1-8-21-24/h1,4-9,12-13,15,17H,2-3,10-11H2,(H,22,23,25). The van der Waals surface area contributed by atoms with Crippen LogP contribution in [0.25, 0.3) is 16.9 Å². The first-order valence-corrected chi connectivity index (χ1v) is 10.0. The summed E-state index contributed by atoms with van der Waals surface area (Å²) in [5.41, 5.74) is 2.95. The molecular weight excluding hydrogens is 344 g/mol. The lowest BCUT2D eigenvalue weighted by Crippen LogP contribution is -2.27. The average Bonchev–Trinajstić information content (AvgIpc) is 3.45. The Morgan fingerprint density at radius 3 is 2.77 bits per heavy atom. The number of rotatable bonds is 4. The van der Waals surface area contributed by atoms with Crippen molar-refractivity contribution in [3.05, 3.63) is 48.1 Å². The fourth-order valence-electron chi connectivity index (χ4n) is 4.43. The molecule has 2 saturated carbocycles. The number of carbonyl (C=O) groups is 1. The summed E-state index contributed by atoms with van der Waals surface area (Å²) < 4.78 is 1.83. The van der Waals surface area contributed by atoms with Gasteiger partial charge in [0.1, 0.15) is 0 Å². The first kappa shape index (κ1) is 15.8. The van der Waals surface area contributed by atoms with Crippen molar-refractivity contribution in [2.45, 2.75) is 25.7 Å². The van der Waals surface area contributed by atoms with E-state index in [1.165, 1.54) is 30.6 Å². The van der Waals surface area contributed by atoms with Gasteiger partial charge in [-0.25, -0.2) is 9.67 Å². The Labute approximate surface area is 156 Å². The third-order valence-electron chi connectivity index (χ3n) is 5.74. The van der Waals surface area contributed by atoms with E-state index in [0.717, 1.165) is 29.3 Å². The Morgan fingerprint density at radius 1 is 1.19 bits per heavy atom. The number of anilines is 1. The van der Waals surface area contributed by atoms with Gasteiger partial charge in [-0.1, -0.05) is 18.6 Å². The van der Waals surface area contributed by atoms with Crippen LogP contribution in [0, 0.1) is 17.8 Å². The second-order valence-corrected chi connectivity index (χ2v) is 8.16. The summed E-state index contributed by atoms with van der Waals surface area (Å²) in [5, 5.41) is 9.98. The molecule has 0 aliphatic heterocycles. The lowest BCUT2D eigenvalue weighted by atomic mass is 9.88. The molecule has 3 unspecified atom stereocenters. The molecule has 1 amide bonds. The molecular formula is C20H20N4OS. The van der Waals surface area contributed by atoms with E-state index in [-0.39, 0.29) is 11.8 Å². The molecule has 2 fully saturated rings. The minimum Gasteiger partial charge on any atom is -0.302 e. The molecule has 2 heterocycles. The topological polar surface area (TPSA) is 59.8 Å². The predicted octanol–water partition coefficient (Wildman–Crippen LogP) is 4.37. The molecule has 26 heavy (non-hydrogen) atoms. The largest absolute Gasteiger partial charge is 0.302 e. The predicted molar refractivity (Wildman–Crippen MR) is 102 cm³/mol. The molecule has 0 radical (unpaired) electrons. The van der Waals surface area contributed by atoms with Gasteiger partial charge in [-0.2, -0.15) is 5.10 Å². The molecule has 2 aromatic heterocycles. The van der Waals surface area contributed by atoms with Crippen LogP contribution < -0.4 is 5.32 Å². The summed E-state index contributed by atoms with van der Waals surface area (Å²) in [6.45, 7) is 0. The summed E-state index contributed by atoms with van der Waals surface area (Å²) in [6.07, 6.45) is 8.51. The van der Waals surface area contributed by atoms with Crippen LogP contribution >= 0.6 is 11.3 Å². The highest BCUT2D eigenvalue weighted by molar-refractivity contribution is 7.14. The second kappa shape index (κ2) is 6.36. The zero-order valence-corrected chi connectivity index (χ0v) is 15.2. The number of thiazole rings is 1. The van der Waals surface area contributed by atoms with Gasteiger partial charge in [0.2, 0.25) is 5.91 Å².